The molecule has 2 heterocycles. The minimum atomic E-state index is -0.533. The van der Waals surface area contributed by atoms with E-state index < -0.39 is 11.2 Å². The van der Waals surface area contributed by atoms with Crippen LogP contribution in [0.3, 0.4) is 0 Å². The van der Waals surface area contributed by atoms with E-state index in [9.17, 15) is 0 Å². The molecule has 2 aromatic carbocycles. The molecule has 1 aromatic heterocycles. The normalized spacial score (nSPS) is 23.0. The zero-order valence-corrected chi connectivity index (χ0v) is 14.2. The number of benzene rings is 2. The van der Waals surface area contributed by atoms with Gasteiger partial charge in [-0.1, -0.05) is 42.5 Å². The summed E-state index contributed by atoms with van der Waals surface area (Å²) in [7, 11) is -0.379. The van der Waals surface area contributed by atoms with Crippen LogP contribution in [0.1, 0.15) is 26.7 Å². The number of rotatable bonds is 3. The Hall–Kier alpha value is -2.11. The summed E-state index contributed by atoms with van der Waals surface area (Å²) in [5.41, 5.74) is 1.69. The topological polar surface area (TPSA) is 44.5 Å². The summed E-state index contributed by atoms with van der Waals surface area (Å²) in [6.45, 7) is 6.17. The number of nitrogens with zero attached hydrogens (tertiary/aromatic N) is 1. The van der Waals surface area contributed by atoms with Gasteiger partial charge in [-0.2, -0.15) is 0 Å². The molecule has 4 nitrogen and oxygen atoms in total. The molecule has 1 aliphatic heterocycles. The monoisotopic (exact) mass is 321 g/mol. The quantitative estimate of drug-likeness (QED) is 0.694. The lowest BCUT2D eigenvalue weighted by Crippen LogP contribution is -2.46. The Bertz CT molecular complexity index is 828. The van der Waals surface area contributed by atoms with Crippen molar-refractivity contribution in [1.29, 1.82) is 0 Å². The minimum absolute atomic E-state index is 0.379. The van der Waals surface area contributed by atoms with Gasteiger partial charge in [0.25, 0.3) is 0 Å². The van der Waals surface area contributed by atoms with Gasteiger partial charge in [0.1, 0.15) is 5.52 Å². The van der Waals surface area contributed by atoms with Crippen LogP contribution in [-0.2, 0) is 15.7 Å². The van der Waals surface area contributed by atoms with E-state index in [0.29, 0.717) is 12.3 Å². The summed E-state index contributed by atoms with van der Waals surface area (Å²) in [4.78, 5) is 4.58. The molecule has 0 radical (unpaired) electrons. The molecule has 0 saturated carbocycles. The van der Waals surface area contributed by atoms with Crippen molar-refractivity contribution in [3.8, 4) is 0 Å². The Morgan fingerprint density at radius 1 is 0.917 bits per heavy atom. The molecular formula is C19H20BNO3. The fourth-order valence-electron chi connectivity index (χ4n) is 3.08. The second kappa shape index (κ2) is 5.47. The van der Waals surface area contributed by atoms with Crippen LogP contribution in [0.2, 0.25) is 0 Å². The predicted octanol–water partition coefficient (Wildman–Crippen LogP) is 3.35. The molecule has 5 heteroatoms. The van der Waals surface area contributed by atoms with E-state index in [1.54, 1.807) is 0 Å². The summed E-state index contributed by atoms with van der Waals surface area (Å²) < 4.78 is 18.4. The summed E-state index contributed by atoms with van der Waals surface area (Å²) in [6.07, 6.45) is 0.554. The molecule has 3 aromatic rings. The van der Waals surface area contributed by atoms with Gasteiger partial charge in [-0.05, 0) is 38.4 Å². The molecule has 1 fully saturated rings. The first kappa shape index (κ1) is 15.4. The summed E-state index contributed by atoms with van der Waals surface area (Å²) >= 11 is 0. The van der Waals surface area contributed by atoms with Gasteiger partial charge in [0.2, 0.25) is 0 Å². The van der Waals surface area contributed by atoms with E-state index in [1.807, 2.05) is 54.6 Å². The van der Waals surface area contributed by atoms with Crippen molar-refractivity contribution in [1.82, 2.24) is 4.98 Å². The summed E-state index contributed by atoms with van der Waals surface area (Å²) in [5, 5.41) is 0. The first-order valence-corrected chi connectivity index (χ1v) is 8.22. The van der Waals surface area contributed by atoms with E-state index >= 15 is 0 Å². The third-order valence-electron chi connectivity index (χ3n) is 4.94. The zero-order chi connectivity index (χ0) is 16.8. The lowest BCUT2D eigenvalue weighted by molar-refractivity contribution is -0.0128. The van der Waals surface area contributed by atoms with E-state index in [4.69, 9.17) is 13.7 Å². The number of hydrogen-bond acceptors (Lipinski definition) is 4. The maximum absolute atomic E-state index is 6.33. The lowest BCUT2D eigenvalue weighted by atomic mass is 9.79. The molecule has 0 spiro atoms. The van der Waals surface area contributed by atoms with Crippen LogP contribution in [0.5, 0.6) is 0 Å². The van der Waals surface area contributed by atoms with Gasteiger partial charge in [0, 0.05) is 0 Å². The maximum atomic E-state index is 6.33. The average Bonchev–Trinajstić information content (AvgIpc) is 3.06. The number of fused-ring (bicyclic) bond motifs is 1. The molecule has 0 bridgehead atoms. The highest BCUT2D eigenvalue weighted by Gasteiger charge is 2.55. The Balaban J connectivity index is 1.63. The zero-order valence-electron chi connectivity index (χ0n) is 14.2. The molecule has 0 aliphatic carbocycles. The molecule has 24 heavy (non-hydrogen) atoms. The highest BCUT2D eigenvalue weighted by molar-refractivity contribution is 6.62. The van der Waals surface area contributed by atoms with Crippen LogP contribution in [0.25, 0.3) is 11.1 Å². The first-order valence-electron chi connectivity index (χ1n) is 8.22. The van der Waals surface area contributed by atoms with E-state index in [2.05, 4.69) is 25.8 Å². The molecular weight excluding hydrogens is 301 g/mol. The van der Waals surface area contributed by atoms with Crippen molar-refractivity contribution in [2.45, 2.75) is 38.4 Å². The molecule has 122 valence electrons. The largest absolute Gasteiger partial charge is 0.494 e. The third-order valence-corrected chi connectivity index (χ3v) is 4.94. The minimum Gasteiger partial charge on any atom is -0.441 e. The van der Waals surface area contributed by atoms with Crippen LogP contribution in [0, 0.1) is 0 Å². The Morgan fingerprint density at radius 3 is 2.38 bits per heavy atom. The fourth-order valence-corrected chi connectivity index (χ4v) is 3.08. The third kappa shape index (κ3) is 2.54. The first-order chi connectivity index (χ1) is 11.5. The Kier molecular flexibility index (Phi) is 3.51. The molecule has 1 saturated heterocycles. The highest BCUT2D eigenvalue weighted by atomic mass is 16.7. The van der Waals surface area contributed by atoms with Crippen LogP contribution >= 0.6 is 0 Å². The standard InChI is InChI=1S/C19H20BNO3/c1-18(2)19(3,24-20(23-18)14-9-5-4-6-10-14)13-17-21-15-11-7-8-12-16(15)22-17/h4-12H,13H2,1-3H3. The second-order valence-electron chi connectivity index (χ2n) is 6.97. The van der Waals surface area contributed by atoms with Gasteiger partial charge in [-0.15, -0.1) is 0 Å². The number of oxazole rings is 1. The Labute approximate surface area is 141 Å². The molecule has 1 aliphatic rings. The van der Waals surface area contributed by atoms with Crippen molar-refractivity contribution in [3.63, 3.8) is 0 Å². The van der Waals surface area contributed by atoms with Gasteiger partial charge in [-0.3, -0.25) is 0 Å². The maximum Gasteiger partial charge on any atom is 0.494 e. The molecule has 1 unspecified atom stereocenters. The lowest BCUT2D eigenvalue weighted by Gasteiger charge is -2.35. The number of aromatic nitrogens is 1. The highest BCUT2D eigenvalue weighted by Crippen LogP contribution is 2.39. The van der Waals surface area contributed by atoms with Gasteiger partial charge in [0.05, 0.1) is 17.6 Å². The number of para-hydroxylation sites is 2. The van der Waals surface area contributed by atoms with Crippen molar-refractivity contribution >= 4 is 23.7 Å². The molecule has 0 amide bonds. The second-order valence-corrected chi connectivity index (χ2v) is 6.97. The van der Waals surface area contributed by atoms with Crippen LogP contribution in [0.4, 0.5) is 0 Å². The van der Waals surface area contributed by atoms with Crippen molar-refractivity contribution in [2.24, 2.45) is 0 Å². The van der Waals surface area contributed by atoms with Crippen molar-refractivity contribution < 1.29 is 13.7 Å². The van der Waals surface area contributed by atoms with Crippen LogP contribution in [0.15, 0.2) is 59.0 Å². The number of hydrogen-bond donors (Lipinski definition) is 0. The smallest absolute Gasteiger partial charge is 0.441 e. The summed E-state index contributed by atoms with van der Waals surface area (Å²) in [6, 6.07) is 17.8. The fraction of sp³-hybridized carbons (Fsp3) is 0.316. The Morgan fingerprint density at radius 2 is 1.62 bits per heavy atom. The average molecular weight is 321 g/mol. The SMILES string of the molecule is CC1(C)OB(c2ccccc2)OC1(C)Cc1nc2ccccc2o1. The predicted molar refractivity (Wildman–Crippen MR) is 94.2 cm³/mol. The molecule has 1 atom stereocenters. The van der Waals surface area contributed by atoms with Crippen LogP contribution < -0.4 is 5.46 Å². The molecule has 0 N–H and O–H groups in total. The van der Waals surface area contributed by atoms with Gasteiger partial charge < -0.3 is 13.7 Å². The van der Waals surface area contributed by atoms with E-state index in [1.165, 1.54) is 0 Å². The summed E-state index contributed by atoms with van der Waals surface area (Å²) in [5.74, 6) is 0.670. The van der Waals surface area contributed by atoms with E-state index in [-0.39, 0.29) is 7.12 Å². The molecule has 4 rings (SSSR count). The van der Waals surface area contributed by atoms with Crippen molar-refractivity contribution in [3.05, 3.63) is 60.5 Å². The van der Waals surface area contributed by atoms with Gasteiger partial charge in [-0.25, -0.2) is 4.98 Å². The van der Waals surface area contributed by atoms with Gasteiger partial charge >= 0.3 is 7.12 Å². The van der Waals surface area contributed by atoms with Gasteiger partial charge in [0.15, 0.2) is 11.5 Å². The van der Waals surface area contributed by atoms with Crippen LogP contribution in [-0.4, -0.2) is 23.3 Å². The van der Waals surface area contributed by atoms with E-state index in [0.717, 1.165) is 16.6 Å². The van der Waals surface area contributed by atoms with Crippen molar-refractivity contribution in [2.75, 3.05) is 0 Å².